The number of aryl methyl sites for hydroxylation is 1. The van der Waals surface area contributed by atoms with E-state index in [1.807, 2.05) is 38.1 Å². The molecule has 1 heterocycles. The van der Waals surface area contributed by atoms with Crippen LogP contribution >= 0.6 is 11.3 Å². The summed E-state index contributed by atoms with van der Waals surface area (Å²) in [6, 6.07) is 8.01. The highest BCUT2D eigenvalue weighted by molar-refractivity contribution is 7.15. The van der Waals surface area contributed by atoms with Crippen LogP contribution in [0.1, 0.15) is 35.9 Å². The van der Waals surface area contributed by atoms with Crippen molar-refractivity contribution in [3.8, 4) is 5.75 Å². The van der Waals surface area contributed by atoms with Crippen molar-refractivity contribution >= 4 is 22.4 Å². The zero-order valence-electron chi connectivity index (χ0n) is 12.6. The average molecular weight is 304 g/mol. The Labute approximate surface area is 129 Å². The van der Waals surface area contributed by atoms with Gasteiger partial charge in [-0.2, -0.15) is 0 Å². The second kappa shape index (κ2) is 7.22. The number of nitrogens with one attached hydrogen (secondary N) is 1. The molecule has 0 aliphatic rings. The number of carbonyl (C=O) groups is 1. The quantitative estimate of drug-likeness (QED) is 0.883. The van der Waals surface area contributed by atoms with Crippen LogP contribution in [0, 0.1) is 6.92 Å². The normalized spacial score (nSPS) is 10.4. The summed E-state index contributed by atoms with van der Waals surface area (Å²) in [7, 11) is 1.66. The van der Waals surface area contributed by atoms with Crippen LogP contribution in [0.2, 0.25) is 0 Å². The first-order valence-electron chi connectivity index (χ1n) is 7.01. The molecule has 112 valence electrons. The third kappa shape index (κ3) is 4.29. The molecule has 2 aromatic rings. The molecular formula is C16H20N2O2S. The number of anilines is 1. The Morgan fingerprint density at radius 2 is 2.05 bits per heavy atom. The fraction of sp³-hybridized carbons (Fsp3) is 0.375. The Morgan fingerprint density at radius 1 is 1.33 bits per heavy atom. The van der Waals surface area contributed by atoms with Gasteiger partial charge in [0.25, 0.3) is 0 Å². The fourth-order valence-corrected chi connectivity index (χ4v) is 3.00. The number of methoxy groups -OCH3 is 1. The summed E-state index contributed by atoms with van der Waals surface area (Å²) in [5.74, 6) is 0.884. The van der Waals surface area contributed by atoms with Crippen molar-refractivity contribution in [1.29, 1.82) is 0 Å². The zero-order chi connectivity index (χ0) is 15.2. The number of amides is 1. The maximum Gasteiger partial charge on any atom is 0.226 e. The summed E-state index contributed by atoms with van der Waals surface area (Å²) in [6.45, 7) is 3.96. The minimum Gasteiger partial charge on any atom is -0.497 e. The van der Waals surface area contributed by atoms with Crippen molar-refractivity contribution in [2.75, 3.05) is 12.4 Å². The van der Waals surface area contributed by atoms with Crippen LogP contribution in [-0.2, 0) is 11.2 Å². The lowest BCUT2D eigenvalue weighted by Gasteiger charge is -2.02. The molecule has 0 saturated carbocycles. The van der Waals surface area contributed by atoms with Crippen LogP contribution < -0.4 is 10.1 Å². The molecule has 0 aliphatic heterocycles. The Hall–Kier alpha value is -1.88. The molecule has 0 unspecified atom stereocenters. The number of carbonyl (C=O) groups excluding carboxylic acids is 1. The Morgan fingerprint density at radius 3 is 2.67 bits per heavy atom. The molecule has 0 spiro atoms. The van der Waals surface area contributed by atoms with Crippen molar-refractivity contribution in [1.82, 2.24) is 4.98 Å². The summed E-state index contributed by atoms with van der Waals surface area (Å²) in [5, 5.41) is 3.55. The van der Waals surface area contributed by atoms with Gasteiger partial charge in [0.2, 0.25) is 5.91 Å². The number of aromatic nitrogens is 1. The third-order valence-corrected chi connectivity index (χ3v) is 4.21. The fourth-order valence-electron chi connectivity index (χ4n) is 1.98. The largest absolute Gasteiger partial charge is 0.497 e. The van der Waals surface area contributed by atoms with Crippen LogP contribution in [-0.4, -0.2) is 18.0 Å². The number of rotatable bonds is 6. The first kappa shape index (κ1) is 15.5. The van der Waals surface area contributed by atoms with E-state index in [2.05, 4.69) is 10.3 Å². The second-order valence-electron chi connectivity index (χ2n) is 4.85. The Balaban J connectivity index is 2.06. The molecule has 1 N–H and O–H groups in total. The summed E-state index contributed by atoms with van der Waals surface area (Å²) in [6.07, 6.45) is 2.19. The summed E-state index contributed by atoms with van der Waals surface area (Å²) in [5.41, 5.74) is 2.18. The highest BCUT2D eigenvalue weighted by atomic mass is 32.1. The Kier molecular flexibility index (Phi) is 5.33. The van der Waals surface area contributed by atoms with E-state index in [-0.39, 0.29) is 5.91 Å². The zero-order valence-corrected chi connectivity index (χ0v) is 13.4. The first-order valence-corrected chi connectivity index (χ1v) is 7.83. The first-order chi connectivity index (χ1) is 10.1. The van der Waals surface area contributed by atoms with Crippen molar-refractivity contribution in [2.45, 2.75) is 33.1 Å². The average Bonchev–Trinajstić information content (AvgIpc) is 2.79. The number of hydrogen-bond acceptors (Lipinski definition) is 4. The molecule has 0 aliphatic carbocycles. The topological polar surface area (TPSA) is 51.2 Å². The van der Waals surface area contributed by atoms with Gasteiger partial charge in [0.05, 0.1) is 12.8 Å². The highest BCUT2D eigenvalue weighted by Gasteiger charge is 2.10. The molecule has 0 atom stereocenters. The third-order valence-electron chi connectivity index (χ3n) is 3.14. The maximum absolute atomic E-state index is 11.6. The van der Waals surface area contributed by atoms with Gasteiger partial charge in [0.1, 0.15) is 5.75 Å². The van der Waals surface area contributed by atoms with E-state index in [0.717, 1.165) is 24.3 Å². The SMILES string of the molecule is CCCC(=O)Nc1nc(C)c(Cc2ccc(OC)cc2)s1. The van der Waals surface area contributed by atoms with Crippen LogP contribution in [0.25, 0.3) is 0 Å². The van der Waals surface area contributed by atoms with E-state index in [1.54, 1.807) is 18.4 Å². The van der Waals surface area contributed by atoms with Crippen LogP contribution in [0.4, 0.5) is 5.13 Å². The number of nitrogens with zero attached hydrogens (tertiary/aromatic N) is 1. The predicted molar refractivity (Wildman–Crippen MR) is 86.2 cm³/mol. The van der Waals surface area contributed by atoms with Gasteiger partial charge in [0.15, 0.2) is 5.13 Å². The summed E-state index contributed by atoms with van der Waals surface area (Å²) < 4.78 is 5.16. The van der Waals surface area contributed by atoms with Crippen molar-refractivity contribution in [2.24, 2.45) is 0 Å². The summed E-state index contributed by atoms with van der Waals surface area (Å²) >= 11 is 1.54. The molecule has 0 saturated heterocycles. The van der Waals surface area contributed by atoms with Crippen LogP contribution in [0.3, 0.4) is 0 Å². The summed E-state index contributed by atoms with van der Waals surface area (Å²) in [4.78, 5) is 17.2. The van der Waals surface area contributed by atoms with Crippen LogP contribution in [0.15, 0.2) is 24.3 Å². The lowest BCUT2D eigenvalue weighted by Crippen LogP contribution is -2.10. The van der Waals surface area contributed by atoms with Crippen molar-refractivity contribution < 1.29 is 9.53 Å². The van der Waals surface area contributed by atoms with Gasteiger partial charge < -0.3 is 10.1 Å². The van der Waals surface area contributed by atoms with E-state index < -0.39 is 0 Å². The molecule has 1 amide bonds. The van der Waals surface area contributed by atoms with Gasteiger partial charge in [-0.05, 0) is 31.0 Å². The van der Waals surface area contributed by atoms with Crippen LogP contribution in [0.5, 0.6) is 5.75 Å². The molecule has 2 rings (SSSR count). The molecule has 1 aromatic heterocycles. The number of thiazole rings is 1. The molecule has 21 heavy (non-hydrogen) atoms. The molecule has 0 bridgehead atoms. The highest BCUT2D eigenvalue weighted by Crippen LogP contribution is 2.26. The number of ether oxygens (including phenoxy) is 1. The Bertz CT molecular complexity index is 605. The van der Waals surface area contributed by atoms with E-state index in [9.17, 15) is 4.79 Å². The van der Waals surface area contributed by atoms with Gasteiger partial charge >= 0.3 is 0 Å². The minimum absolute atomic E-state index is 0.0299. The number of benzene rings is 1. The van der Waals surface area contributed by atoms with Gasteiger partial charge in [0, 0.05) is 17.7 Å². The molecule has 0 radical (unpaired) electrons. The van der Waals surface area contributed by atoms with E-state index in [1.165, 1.54) is 10.4 Å². The lowest BCUT2D eigenvalue weighted by atomic mass is 10.1. The van der Waals surface area contributed by atoms with E-state index >= 15 is 0 Å². The van der Waals surface area contributed by atoms with E-state index in [4.69, 9.17) is 4.74 Å². The molecule has 4 nitrogen and oxygen atoms in total. The van der Waals surface area contributed by atoms with Gasteiger partial charge in [-0.25, -0.2) is 4.98 Å². The monoisotopic (exact) mass is 304 g/mol. The molecule has 0 fully saturated rings. The van der Waals surface area contributed by atoms with E-state index in [0.29, 0.717) is 11.6 Å². The maximum atomic E-state index is 11.6. The van der Waals surface area contributed by atoms with Crippen molar-refractivity contribution in [3.05, 3.63) is 40.4 Å². The standard InChI is InChI=1S/C16H20N2O2S/c1-4-5-15(19)18-16-17-11(2)14(21-16)10-12-6-8-13(20-3)9-7-12/h6-9H,4-5,10H2,1-3H3,(H,17,18,19). The lowest BCUT2D eigenvalue weighted by molar-refractivity contribution is -0.116. The smallest absolute Gasteiger partial charge is 0.226 e. The molecule has 5 heteroatoms. The van der Waals surface area contributed by atoms with Gasteiger partial charge in [-0.1, -0.05) is 19.1 Å². The van der Waals surface area contributed by atoms with Gasteiger partial charge in [-0.3, -0.25) is 4.79 Å². The minimum atomic E-state index is 0.0299. The van der Waals surface area contributed by atoms with Crippen molar-refractivity contribution in [3.63, 3.8) is 0 Å². The van der Waals surface area contributed by atoms with Gasteiger partial charge in [-0.15, -0.1) is 11.3 Å². The molecular weight excluding hydrogens is 284 g/mol. The number of hydrogen-bond donors (Lipinski definition) is 1. The predicted octanol–water partition coefficient (Wildman–Crippen LogP) is 3.79. The second-order valence-corrected chi connectivity index (χ2v) is 5.93. The molecule has 1 aromatic carbocycles.